The van der Waals surface area contributed by atoms with Gasteiger partial charge in [-0.2, -0.15) is 0 Å². The van der Waals surface area contributed by atoms with Crippen LogP contribution in [0.2, 0.25) is 0 Å². The van der Waals surface area contributed by atoms with Crippen LogP contribution in [-0.4, -0.2) is 40.0 Å². The number of halogens is 1. The van der Waals surface area contributed by atoms with Crippen molar-refractivity contribution in [1.29, 1.82) is 0 Å². The van der Waals surface area contributed by atoms with Gasteiger partial charge in [0.1, 0.15) is 11.4 Å². The fourth-order valence-electron chi connectivity index (χ4n) is 1.94. The number of hydrogen-bond acceptors (Lipinski definition) is 4. The number of β-amino-alcohol motifs (C(OH)–C–C–N with tert-alkyl or cyclic N) is 1. The molecule has 18 heavy (non-hydrogen) atoms. The third-order valence-corrected chi connectivity index (χ3v) is 2.84. The maximum Gasteiger partial charge on any atom is 0.282 e. The lowest BCUT2D eigenvalue weighted by Crippen LogP contribution is -2.30. The molecule has 6 nitrogen and oxygen atoms in total. The van der Waals surface area contributed by atoms with Crippen molar-refractivity contribution in [3.05, 3.63) is 39.7 Å². The van der Waals surface area contributed by atoms with Gasteiger partial charge in [-0.15, -0.1) is 0 Å². The van der Waals surface area contributed by atoms with E-state index < -0.39 is 28.4 Å². The minimum absolute atomic E-state index is 0.118. The molecule has 1 N–H and O–H groups in total. The van der Waals surface area contributed by atoms with Gasteiger partial charge in [-0.1, -0.05) is 0 Å². The number of nitro benzene ring substituents is 1. The van der Waals surface area contributed by atoms with Gasteiger partial charge >= 0.3 is 0 Å². The van der Waals surface area contributed by atoms with E-state index in [4.69, 9.17) is 0 Å². The first kappa shape index (κ1) is 12.4. The zero-order valence-corrected chi connectivity index (χ0v) is 9.38. The number of aliphatic hydroxyl groups is 1. The third kappa shape index (κ3) is 2.30. The summed E-state index contributed by atoms with van der Waals surface area (Å²) in [6.07, 6.45) is -0.198. The molecule has 1 atom stereocenters. The second-order valence-electron chi connectivity index (χ2n) is 4.11. The highest BCUT2D eigenvalue weighted by Crippen LogP contribution is 2.23. The first-order chi connectivity index (χ1) is 8.49. The molecule has 1 aliphatic rings. The molecule has 1 fully saturated rings. The van der Waals surface area contributed by atoms with E-state index >= 15 is 0 Å². The van der Waals surface area contributed by atoms with E-state index in [1.807, 2.05) is 0 Å². The number of rotatable bonds is 2. The molecule has 0 radical (unpaired) electrons. The number of hydrogen-bond donors (Lipinski definition) is 1. The van der Waals surface area contributed by atoms with Gasteiger partial charge in [0, 0.05) is 19.2 Å². The molecule has 96 valence electrons. The molecule has 1 amide bonds. The SMILES string of the molecule is O=C(c1cc(F)ccc1[N+](=O)[O-])N1CCC(O)C1. The fraction of sp³-hybridized carbons (Fsp3) is 0.364. The molecular formula is C11H11FN2O4. The molecule has 1 aromatic rings. The summed E-state index contributed by atoms with van der Waals surface area (Å²) in [5, 5.41) is 20.1. The van der Waals surface area contributed by atoms with Gasteiger partial charge in [-0.25, -0.2) is 4.39 Å². The molecule has 2 rings (SSSR count). The second-order valence-corrected chi connectivity index (χ2v) is 4.11. The Morgan fingerprint density at radius 2 is 2.28 bits per heavy atom. The zero-order chi connectivity index (χ0) is 13.3. The maximum absolute atomic E-state index is 13.1. The van der Waals surface area contributed by atoms with Gasteiger partial charge in [-0.05, 0) is 18.6 Å². The van der Waals surface area contributed by atoms with Crippen LogP contribution in [0, 0.1) is 15.9 Å². The Morgan fingerprint density at radius 3 is 2.83 bits per heavy atom. The topological polar surface area (TPSA) is 83.7 Å². The number of amides is 1. The predicted octanol–water partition coefficient (Wildman–Crippen LogP) is 0.941. The third-order valence-electron chi connectivity index (χ3n) is 2.84. The lowest BCUT2D eigenvalue weighted by Gasteiger charge is -2.15. The molecule has 0 spiro atoms. The van der Waals surface area contributed by atoms with Crippen molar-refractivity contribution >= 4 is 11.6 Å². The van der Waals surface area contributed by atoms with Crippen LogP contribution in [0.1, 0.15) is 16.8 Å². The Kier molecular flexibility index (Phi) is 3.24. The maximum atomic E-state index is 13.1. The largest absolute Gasteiger partial charge is 0.391 e. The Labute approximate surface area is 102 Å². The van der Waals surface area contributed by atoms with Crippen LogP contribution in [0.15, 0.2) is 18.2 Å². The molecule has 0 aromatic heterocycles. The quantitative estimate of drug-likeness (QED) is 0.628. The van der Waals surface area contributed by atoms with Gasteiger partial charge in [0.2, 0.25) is 0 Å². The number of nitro groups is 1. The molecular weight excluding hydrogens is 243 g/mol. The minimum atomic E-state index is -0.723. The summed E-state index contributed by atoms with van der Waals surface area (Å²) in [7, 11) is 0. The van der Waals surface area contributed by atoms with E-state index in [9.17, 15) is 24.4 Å². The van der Waals surface area contributed by atoms with E-state index in [-0.39, 0.29) is 12.1 Å². The Morgan fingerprint density at radius 1 is 1.56 bits per heavy atom. The van der Waals surface area contributed by atoms with E-state index in [1.165, 1.54) is 4.90 Å². The molecule has 0 bridgehead atoms. The second kappa shape index (κ2) is 4.69. The minimum Gasteiger partial charge on any atom is -0.391 e. The number of benzene rings is 1. The fourth-order valence-corrected chi connectivity index (χ4v) is 1.94. The summed E-state index contributed by atoms with van der Waals surface area (Å²) >= 11 is 0. The van der Waals surface area contributed by atoms with E-state index in [0.29, 0.717) is 13.0 Å². The van der Waals surface area contributed by atoms with Gasteiger partial charge < -0.3 is 10.0 Å². The molecule has 1 aliphatic heterocycles. The number of aliphatic hydroxyl groups excluding tert-OH is 1. The van der Waals surface area contributed by atoms with Gasteiger partial charge in [0.25, 0.3) is 11.6 Å². The number of carbonyl (C=O) groups is 1. The molecule has 7 heteroatoms. The van der Waals surface area contributed by atoms with Crippen molar-refractivity contribution in [3.8, 4) is 0 Å². The van der Waals surface area contributed by atoms with E-state index in [2.05, 4.69) is 0 Å². The monoisotopic (exact) mass is 254 g/mol. The average molecular weight is 254 g/mol. The standard InChI is InChI=1S/C11H11FN2O4/c12-7-1-2-10(14(17)18)9(5-7)11(16)13-4-3-8(15)6-13/h1-2,5,8,15H,3-4,6H2. The van der Waals surface area contributed by atoms with Crippen molar-refractivity contribution in [3.63, 3.8) is 0 Å². The Bertz CT molecular complexity index is 506. The van der Waals surface area contributed by atoms with Crippen molar-refractivity contribution in [2.75, 3.05) is 13.1 Å². The van der Waals surface area contributed by atoms with E-state index in [0.717, 1.165) is 18.2 Å². The van der Waals surface area contributed by atoms with Crippen LogP contribution in [0.3, 0.4) is 0 Å². The zero-order valence-electron chi connectivity index (χ0n) is 9.38. The summed E-state index contributed by atoms with van der Waals surface area (Å²) in [4.78, 5) is 23.4. The van der Waals surface area contributed by atoms with Crippen LogP contribution >= 0.6 is 0 Å². The van der Waals surface area contributed by atoms with Gasteiger partial charge in [-0.3, -0.25) is 14.9 Å². The molecule has 0 saturated carbocycles. The van der Waals surface area contributed by atoms with Gasteiger partial charge in [0.05, 0.1) is 11.0 Å². The summed E-state index contributed by atoms with van der Waals surface area (Å²) in [5.74, 6) is -1.33. The van der Waals surface area contributed by atoms with Crippen molar-refractivity contribution < 1.29 is 19.2 Å². The predicted molar refractivity (Wildman–Crippen MR) is 59.6 cm³/mol. The first-order valence-corrected chi connectivity index (χ1v) is 5.40. The highest BCUT2D eigenvalue weighted by molar-refractivity contribution is 5.98. The summed E-state index contributed by atoms with van der Waals surface area (Å²) in [6, 6.07) is 2.76. The lowest BCUT2D eigenvalue weighted by atomic mass is 10.1. The Hall–Kier alpha value is -2.02. The van der Waals surface area contributed by atoms with Crippen LogP contribution in [0.25, 0.3) is 0 Å². The van der Waals surface area contributed by atoms with Crippen LogP contribution < -0.4 is 0 Å². The van der Waals surface area contributed by atoms with Crippen LogP contribution in [0.4, 0.5) is 10.1 Å². The average Bonchev–Trinajstić information content (AvgIpc) is 2.74. The summed E-state index contributed by atoms with van der Waals surface area (Å²) in [6.45, 7) is 0.431. The molecule has 1 saturated heterocycles. The molecule has 0 aliphatic carbocycles. The van der Waals surface area contributed by atoms with Crippen molar-refractivity contribution in [2.24, 2.45) is 0 Å². The lowest BCUT2D eigenvalue weighted by molar-refractivity contribution is -0.385. The smallest absolute Gasteiger partial charge is 0.282 e. The highest BCUT2D eigenvalue weighted by atomic mass is 19.1. The Balaban J connectivity index is 2.34. The summed E-state index contributed by atoms with van der Waals surface area (Å²) < 4.78 is 13.1. The summed E-state index contributed by atoms with van der Waals surface area (Å²) in [5.41, 5.74) is -0.711. The number of carbonyl (C=O) groups excluding carboxylic acids is 1. The van der Waals surface area contributed by atoms with Crippen LogP contribution in [-0.2, 0) is 0 Å². The molecule has 1 unspecified atom stereocenters. The van der Waals surface area contributed by atoms with E-state index in [1.54, 1.807) is 0 Å². The normalized spacial score (nSPS) is 19.0. The van der Waals surface area contributed by atoms with Gasteiger partial charge in [0.15, 0.2) is 0 Å². The highest BCUT2D eigenvalue weighted by Gasteiger charge is 2.30. The van der Waals surface area contributed by atoms with Crippen molar-refractivity contribution in [2.45, 2.75) is 12.5 Å². The molecule has 1 aromatic carbocycles. The number of likely N-dealkylation sites (tertiary alicyclic amines) is 1. The molecule has 1 heterocycles. The van der Waals surface area contributed by atoms with Crippen LogP contribution in [0.5, 0.6) is 0 Å². The first-order valence-electron chi connectivity index (χ1n) is 5.40. The number of nitrogens with zero attached hydrogens (tertiary/aromatic N) is 2. The van der Waals surface area contributed by atoms with Crippen molar-refractivity contribution in [1.82, 2.24) is 4.90 Å².